The molecule has 0 aromatic heterocycles. The minimum Gasteiger partial charge on any atom is -0.391 e. The van der Waals surface area contributed by atoms with Crippen molar-refractivity contribution in [1.29, 1.82) is 0 Å². The van der Waals surface area contributed by atoms with Crippen molar-refractivity contribution >= 4 is 23.4 Å². The summed E-state index contributed by atoms with van der Waals surface area (Å²) in [5.74, 6) is -0.568. The summed E-state index contributed by atoms with van der Waals surface area (Å²) in [6, 6.07) is 4.41. The zero-order chi connectivity index (χ0) is 21.0. The van der Waals surface area contributed by atoms with Gasteiger partial charge in [0.2, 0.25) is 5.91 Å². The van der Waals surface area contributed by atoms with Crippen LogP contribution in [0.3, 0.4) is 0 Å². The van der Waals surface area contributed by atoms with Crippen LogP contribution in [0.15, 0.2) is 30.4 Å². The molecule has 1 aromatic carbocycles. The lowest BCUT2D eigenvalue weighted by Crippen LogP contribution is -2.38. The fourth-order valence-corrected chi connectivity index (χ4v) is 3.86. The molecule has 154 valence electrons. The van der Waals surface area contributed by atoms with Crippen LogP contribution in [0.25, 0.3) is 0 Å². The summed E-state index contributed by atoms with van der Waals surface area (Å²) in [4.78, 5) is 47.4. The van der Waals surface area contributed by atoms with Crippen LogP contribution in [0, 0.1) is 22.0 Å². The number of amides is 3. The van der Waals surface area contributed by atoms with Crippen LogP contribution in [0.4, 0.5) is 5.69 Å². The van der Waals surface area contributed by atoms with Crippen molar-refractivity contribution in [2.75, 3.05) is 6.54 Å². The molecule has 1 aliphatic carbocycles. The summed E-state index contributed by atoms with van der Waals surface area (Å²) in [6.07, 6.45) is 5.46. The zero-order valence-electron chi connectivity index (χ0n) is 15.9. The molecular formula is C20H23N3O6. The minimum absolute atomic E-state index is 0.0812. The van der Waals surface area contributed by atoms with E-state index in [2.05, 4.69) is 5.32 Å². The van der Waals surface area contributed by atoms with Gasteiger partial charge in [0.15, 0.2) is 0 Å². The summed E-state index contributed by atoms with van der Waals surface area (Å²) in [6.45, 7) is 0.178. The van der Waals surface area contributed by atoms with Crippen molar-refractivity contribution in [1.82, 2.24) is 10.2 Å². The van der Waals surface area contributed by atoms with Crippen LogP contribution >= 0.6 is 0 Å². The van der Waals surface area contributed by atoms with Crippen molar-refractivity contribution in [3.63, 3.8) is 0 Å². The lowest BCUT2D eigenvalue weighted by atomic mass is 9.81. The highest BCUT2D eigenvalue weighted by Gasteiger charge is 2.31. The standard InChI is InChI=1S/C20H23N3O6/c24-12-16-9-14(3-6-17(16)23(28)29)10-21-20(27)15-4-1-13(2-5-15)11-22-18(25)7-8-19(22)26/h3,6-9,13,15,24H,1-2,4-5,10-12H2,(H,21,27). The Morgan fingerprint density at radius 2 is 1.83 bits per heavy atom. The number of hydrogen-bond acceptors (Lipinski definition) is 6. The number of nitro groups is 1. The van der Waals surface area contributed by atoms with E-state index in [0.717, 1.165) is 12.8 Å². The largest absolute Gasteiger partial charge is 0.391 e. The maximum atomic E-state index is 12.5. The summed E-state index contributed by atoms with van der Waals surface area (Å²) < 4.78 is 0. The van der Waals surface area contributed by atoms with E-state index in [4.69, 9.17) is 0 Å². The van der Waals surface area contributed by atoms with E-state index in [-0.39, 0.29) is 47.4 Å². The quantitative estimate of drug-likeness (QED) is 0.404. The first kappa shape index (κ1) is 20.7. The molecule has 9 heteroatoms. The molecule has 0 bridgehead atoms. The topological polar surface area (TPSA) is 130 Å². The Morgan fingerprint density at radius 1 is 1.17 bits per heavy atom. The monoisotopic (exact) mass is 401 g/mol. The Kier molecular flexibility index (Phi) is 6.38. The van der Waals surface area contributed by atoms with E-state index in [0.29, 0.717) is 24.9 Å². The molecule has 3 amide bonds. The van der Waals surface area contributed by atoms with Crippen LogP contribution in [-0.4, -0.2) is 39.2 Å². The van der Waals surface area contributed by atoms with Gasteiger partial charge in [-0.1, -0.05) is 6.07 Å². The van der Waals surface area contributed by atoms with Gasteiger partial charge in [0.1, 0.15) is 0 Å². The van der Waals surface area contributed by atoms with Gasteiger partial charge in [-0.15, -0.1) is 0 Å². The van der Waals surface area contributed by atoms with Crippen LogP contribution in [0.2, 0.25) is 0 Å². The second-order valence-electron chi connectivity index (χ2n) is 7.43. The molecule has 9 nitrogen and oxygen atoms in total. The first-order valence-electron chi connectivity index (χ1n) is 9.57. The molecule has 2 N–H and O–H groups in total. The minimum atomic E-state index is -0.550. The Balaban J connectivity index is 1.47. The highest BCUT2D eigenvalue weighted by Crippen LogP contribution is 2.30. The van der Waals surface area contributed by atoms with E-state index in [1.807, 2.05) is 0 Å². The van der Waals surface area contributed by atoms with Crippen LogP contribution in [-0.2, 0) is 27.5 Å². The highest BCUT2D eigenvalue weighted by molar-refractivity contribution is 6.12. The summed E-state index contributed by atoms with van der Waals surface area (Å²) >= 11 is 0. The van der Waals surface area contributed by atoms with Crippen LogP contribution in [0.5, 0.6) is 0 Å². The van der Waals surface area contributed by atoms with Gasteiger partial charge in [-0.05, 0) is 43.2 Å². The van der Waals surface area contributed by atoms with Gasteiger partial charge in [-0.2, -0.15) is 0 Å². The fourth-order valence-electron chi connectivity index (χ4n) is 3.86. The van der Waals surface area contributed by atoms with Gasteiger partial charge in [-0.3, -0.25) is 29.4 Å². The molecular weight excluding hydrogens is 378 g/mol. The number of hydrogen-bond donors (Lipinski definition) is 2. The first-order chi connectivity index (χ1) is 13.9. The van der Waals surface area contributed by atoms with E-state index < -0.39 is 11.5 Å². The van der Waals surface area contributed by atoms with Crippen molar-refractivity contribution in [2.45, 2.75) is 38.8 Å². The average molecular weight is 401 g/mol. The van der Waals surface area contributed by atoms with Crippen molar-refractivity contribution in [3.05, 3.63) is 51.6 Å². The third kappa shape index (κ3) is 4.86. The molecule has 1 fully saturated rings. The number of benzene rings is 1. The number of nitrogens with zero attached hydrogens (tertiary/aromatic N) is 2. The molecule has 3 rings (SSSR count). The second-order valence-corrected chi connectivity index (χ2v) is 7.43. The predicted octanol–water partition coefficient (Wildman–Crippen LogP) is 1.43. The zero-order valence-corrected chi connectivity index (χ0v) is 15.9. The Labute approximate surface area is 167 Å². The van der Waals surface area contributed by atoms with Crippen LogP contribution in [0.1, 0.15) is 36.8 Å². The molecule has 2 aliphatic rings. The molecule has 1 aliphatic heterocycles. The Hall–Kier alpha value is -3.07. The van der Waals surface area contributed by atoms with Gasteiger partial charge < -0.3 is 10.4 Å². The third-order valence-electron chi connectivity index (χ3n) is 5.54. The number of imide groups is 1. The number of aliphatic hydroxyl groups excluding tert-OH is 1. The number of carbonyl (C=O) groups excluding carboxylic acids is 3. The van der Waals surface area contributed by atoms with E-state index in [1.165, 1.54) is 29.2 Å². The Bertz CT molecular complexity index is 840. The summed E-state index contributed by atoms with van der Waals surface area (Å²) in [7, 11) is 0. The molecule has 0 spiro atoms. The van der Waals surface area contributed by atoms with Gasteiger partial charge >= 0.3 is 0 Å². The molecule has 0 atom stereocenters. The van der Waals surface area contributed by atoms with Gasteiger partial charge in [0.05, 0.1) is 17.1 Å². The summed E-state index contributed by atoms with van der Waals surface area (Å²) in [5.41, 5.74) is 0.745. The maximum absolute atomic E-state index is 12.5. The number of rotatable bonds is 7. The summed E-state index contributed by atoms with van der Waals surface area (Å²) in [5, 5.41) is 23.1. The first-order valence-corrected chi connectivity index (χ1v) is 9.57. The van der Waals surface area contributed by atoms with E-state index >= 15 is 0 Å². The number of aliphatic hydroxyl groups is 1. The van der Waals surface area contributed by atoms with Gasteiger partial charge in [0.25, 0.3) is 17.5 Å². The Morgan fingerprint density at radius 3 is 2.41 bits per heavy atom. The number of nitrogens with one attached hydrogen (secondary N) is 1. The fraction of sp³-hybridized carbons (Fsp3) is 0.450. The SMILES string of the molecule is O=C(NCc1ccc([N+](=O)[O-])c(CO)c1)C1CCC(CN2C(=O)C=CC2=O)CC1. The van der Waals surface area contributed by atoms with Gasteiger partial charge in [-0.25, -0.2) is 0 Å². The number of carbonyl (C=O) groups is 3. The highest BCUT2D eigenvalue weighted by atomic mass is 16.6. The third-order valence-corrected chi connectivity index (χ3v) is 5.54. The lowest BCUT2D eigenvalue weighted by Gasteiger charge is -2.30. The molecule has 0 unspecified atom stereocenters. The maximum Gasteiger partial charge on any atom is 0.274 e. The second kappa shape index (κ2) is 8.95. The van der Waals surface area contributed by atoms with E-state index in [1.54, 1.807) is 6.07 Å². The van der Waals surface area contributed by atoms with Gasteiger partial charge in [0, 0.05) is 37.2 Å². The molecule has 1 aromatic rings. The predicted molar refractivity (Wildman–Crippen MR) is 102 cm³/mol. The van der Waals surface area contributed by atoms with Crippen LogP contribution < -0.4 is 5.32 Å². The average Bonchev–Trinajstić information content (AvgIpc) is 3.04. The van der Waals surface area contributed by atoms with E-state index in [9.17, 15) is 29.6 Å². The normalized spacial score (nSPS) is 21.5. The van der Waals surface area contributed by atoms with Crippen molar-refractivity contribution in [2.24, 2.45) is 11.8 Å². The smallest absolute Gasteiger partial charge is 0.274 e. The molecule has 1 heterocycles. The molecule has 0 radical (unpaired) electrons. The van der Waals surface area contributed by atoms with Crippen molar-refractivity contribution < 1.29 is 24.4 Å². The molecule has 1 saturated carbocycles. The lowest BCUT2D eigenvalue weighted by molar-refractivity contribution is -0.385. The number of nitro benzene ring substituents is 1. The molecule has 29 heavy (non-hydrogen) atoms. The van der Waals surface area contributed by atoms with Crippen molar-refractivity contribution in [3.8, 4) is 0 Å². The molecule has 0 saturated heterocycles.